The van der Waals surface area contributed by atoms with Crippen molar-refractivity contribution in [1.82, 2.24) is 10.4 Å². The molecule has 3 rings (SSSR count). The third-order valence-electron chi connectivity index (χ3n) is 5.56. The maximum absolute atomic E-state index is 14.1. The molecule has 0 atom stereocenters. The van der Waals surface area contributed by atoms with Gasteiger partial charge in [-0.05, 0) is 68.3 Å². The van der Waals surface area contributed by atoms with Crippen LogP contribution in [0.4, 0.5) is 23.2 Å². The van der Waals surface area contributed by atoms with Crippen LogP contribution in [0.25, 0.3) is 11.1 Å². The van der Waals surface area contributed by atoms with E-state index in [1.54, 1.807) is 38.1 Å². The molecule has 0 aliphatic rings. The highest BCUT2D eigenvalue weighted by molar-refractivity contribution is 5.95. The first-order valence-corrected chi connectivity index (χ1v) is 12.6. The summed E-state index contributed by atoms with van der Waals surface area (Å²) in [5, 5.41) is 4.35. The van der Waals surface area contributed by atoms with Gasteiger partial charge in [-0.2, -0.15) is 0 Å². The Hall–Kier alpha value is -4.28. The van der Waals surface area contributed by atoms with Crippen LogP contribution in [0.2, 0.25) is 0 Å². The number of halogens is 4. The van der Waals surface area contributed by atoms with Crippen LogP contribution in [0.1, 0.15) is 38.1 Å². The summed E-state index contributed by atoms with van der Waals surface area (Å²) in [6, 6.07) is 14.8. The summed E-state index contributed by atoms with van der Waals surface area (Å²) in [6.07, 6.45) is -4.97. The van der Waals surface area contributed by atoms with Gasteiger partial charge in [0.05, 0.1) is 0 Å². The molecule has 0 spiro atoms. The average Bonchev–Trinajstić information content (AvgIpc) is 2.89. The number of anilines is 1. The molecule has 0 aliphatic heterocycles. The van der Waals surface area contributed by atoms with Crippen molar-refractivity contribution in [3.63, 3.8) is 0 Å². The zero-order valence-electron chi connectivity index (χ0n) is 22.5. The Kier molecular flexibility index (Phi) is 9.98. The smallest absolute Gasteiger partial charge is 0.483 e. The van der Waals surface area contributed by atoms with Crippen LogP contribution in [-0.4, -0.2) is 42.4 Å². The van der Waals surface area contributed by atoms with Crippen molar-refractivity contribution in [2.45, 2.75) is 40.1 Å². The molecule has 0 bridgehead atoms. The van der Waals surface area contributed by atoms with Crippen molar-refractivity contribution in [1.29, 1.82) is 0 Å². The molecule has 0 saturated heterocycles. The van der Waals surface area contributed by atoms with E-state index in [4.69, 9.17) is 4.74 Å². The summed E-state index contributed by atoms with van der Waals surface area (Å²) in [7, 11) is 0. The zero-order valence-corrected chi connectivity index (χ0v) is 22.5. The van der Waals surface area contributed by atoms with Gasteiger partial charge in [0.25, 0.3) is 11.8 Å². The molecule has 0 aliphatic carbocycles. The highest BCUT2D eigenvalue weighted by Gasteiger charge is 2.32. The van der Waals surface area contributed by atoms with Crippen molar-refractivity contribution in [2.24, 2.45) is 5.92 Å². The van der Waals surface area contributed by atoms with E-state index in [0.717, 1.165) is 35.4 Å². The minimum absolute atomic E-state index is 0.0426. The first-order chi connectivity index (χ1) is 18.8. The SMILES string of the molecule is CC(C)CNc1ccc(C(=O)NN(C(=O)COc2ccc(F)cc2-c2ccccc2OC(F)(F)F)C(C)C)cc1. The minimum atomic E-state index is -4.97. The number of carbonyl (C=O) groups excluding carboxylic acids is 2. The minimum Gasteiger partial charge on any atom is -0.483 e. The van der Waals surface area contributed by atoms with Gasteiger partial charge >= 0.3 is 6.36 Å². The predicted octanol–water partition coefficient (Wildman–Crippen LogP) is 6.42. The van der Waals surface area contributed by atoms with Crippen molar-refractivity contribution in [3.05, 3.63) is 78.1 Å². The van der Waals surface area contributed by atoms with Gasteiger partial charge in [-0.15, -0.1) is 13.2 Å². The van der Waals surface area contributed by atoms with Gasteiger partial charge < -0.3 is 14.8 Å². The molecule has 40 heavy (non-hydrogen) atoms. The van der Waals surface area contributed by atoms with Crippen LogP contribution in [0.3, 0.4) is 0 Å². The van der Waals surface area contributed by atoms with Gasteiger partial charge in [0.15, 0.2) is 6.61 Å². The number of rotatable bonds is 10. The van der Waals surface area contributed by atoms with E-state index in [1.165, 1.54) is 24.3 Å². The fraction of sp³-hybridized carbons (Fsp3) is 0.310. The number of amides is 2. The molecule has 11 heteroatoms. The van der Waals surface area contributed by atoms with Crippen LogP contribution in [0.5, 0.6) is 11.5 Å². The highest BCUT2D eigenvalue weighted by atomic mass is 19.4. The number of ether oxygens (including phenoxy) is 2. The Morgan fingerprint density at radius 2 is 1.57 bits per heavy atom. The molecule has 0 aromatic heterocycles. The lowest BCUT2D eigenvalue weighted by atomic mass is 10.0. The molecule has 3 aromatic carbocycles. The predicted molar refractivity (Wildman–Crippen MR) is 143 cm³/mol. The summed E-state index contributed by atoms with van der Waals surface area (Å²) < 4.78 is 62.6. The van der Waals surface area contributed by atoms with Crippen molar-refractivity contribution in [3.8, 4) is 22.6 Å². The first kappa shape index (κ1) is 30.3. The molecule has 0 heterocycles. The van der Waals surface area contributed by atoms with Crippen molar-refractivity contribution in [2.75, 3.05) is 18.5 Å². The molecule has 3 aromatic rings. The van der Waals surface area contributed by atoms with Crippen molar-refractivity contribution >= 4 is 17.5 Å². The van der Waals surface area contributed by atoms with Crippen LogP contribution in [0.15, 0.2) is 66.7 Å². The molecule has 0 saturated carbocycles. The molecule has 0 unspecified atom stereocenters. The summed E-state index contributed by atoms with van der Waals surface area (Å²) in [5.74, 6) is -2.03. The monoisotopic (exact) mass is 561 g/mol. The van der Waals surface area contributed by atoms with Gasteiger partial charge in [0, 0.05) is 35.0 Å². The fourth-order valence-electron chi connectivity index (χ4n) is 3.67. The van der Waals surface area contributed by atoms with Gasteiger partial charge in [0.1, 0.15) is 17.3 Å². The number of hydrogen-bond donors (Lipinski definition) is 2. The lowest BCUT2D eigenvalue weighted by molar-refractivity contribution is -0.274. The Morgan fingerprint density at radius 1 is 0.900 bits per heavy atom. The summed E-state index contributed by atoms with van der Waals surface area (Å²) in [4.78, 5) is 25.9. The largest absolute Gasteiger partial charge is 0.573 e. The average molecular weight is 562 g/mol. The molecular formula is C29H31F4N3O4. The van der Waals surface area contributed by atoms with Gasteiger partial charge in [-0.25, -0.2) is 9.40 Å². The second-order valence-corrected chi connectivity index (χ2v) is 9.62. The lowest BCUT2D eigenvalue weighted by Crippen LogP contribution is -2.51. The quantitative estimate of drug-likeness (QED) is 0.221. The number of hydrogen-bond acceptors (Lipinski definition) is 5. The van der Waals surface area contributed by atoms with E-state index < -0.39 is 42.4 Å². The number of nitrogens with zero attached hydrogens (tertiary/aromatic N) is 1. The number of para-hydroxylation sites is 1. The maximum Gasteiger partial charge on any atom is 0.573 e. The summed E-state index contributed by atoms with van der Waals surface area (Å²) in [6.45, 7) is 7.72. The second-order valence-electron chi connectivity index (χ2n) is 9.62. The molecule has 0 radical (unpaired) electrons. The van der Waals surface area contributed by atoms with E-state index in [9.17, 15) is 27.2 Å². The van der Waals surface area contributed by atoms with Crippen molar-refractivity contribution < 1.29 is 36.6 Å². The third-order valence-corrected chi connectivity index (χ3v) is 5.56. The maximum atomic E-state index is 14.1. The highest BCUT2D eigenvalue weighted by Crippen LogP contribution is 2.39. The van der Waals surface area contributed by atoms with Gasteiger partial charge in [0.2, 0.25) is 0 Å². The number of hydrazine groups is 1. The standard InChI is InChI=1S/C29H31F4N3O4/c1-18(2)16-34-22-12-9-20(10-13-22)28(38)35-36(19(3)4)27(37)17-39-25-14-11-21(30)15-24(25)23-7-5-6-8-26(23)40-29(31,32)33/h5-15,18-19,34H,16-17H2,1-4H3,(H,35,38). The summed E-state index contributed by atoms with van der Waals surface area (Å²) >= 11 is 0. The third kappa shape index (κ3) is 8.62. The number of alkyl halides is 3. The molecule has 0 fully saturated rings. The van der Waals surface area contributed by atoms with E-state index in [2.05, 4.69) is 29.3 Å². The number of benzene rings is 3. The Morgan fingerprint density at radius 3 is 2.20 bits per heavy atom. The fourth-order valence-corrected chi connectivity index (χ4v) is 3.67. The first-order valence-electron chi connectivity index (χ1n) is 12.6. The Labute approximate surface area is 230 Å². The van der Waals surface area contributed by atoms with Gasteiger partial charge in [-0.3, -0.25) is 15.0 Å². The second kappa shape index (κ2) is 13.2. The van der Waals surface area contributed by atoms with Gasteiger partial charge in [-0.1, -0.05) is 32.0 Å². The molecular weight excluding hydrogens is 530 g/mol. The topological polar surface area (TPSA) is 79.9 Å². The van der Waals surface area contributed by atoms with Crippen LogP contribution in [0, 0.1) is 11.7 Å². The Bertz CT molecular complexity index is 1310. The molecule has 2 amide bonds. The van der Waals surface area contributed by atoms with E-state index in [-0.39, 0.29) is 16.9 Å². The molecule has 2 N–H and O–H groups in total. The molecule has 214 valence electrons. The number of carbonyl (C=O) groups is 2. The normalized spacial score (nSPS) is 11.3. The zero-order chi connectivity index (χ0) is 29.4. The van der Waals surface area contributed by atoms with E-state index >= 15 is 0 Å². The summed E-state index contributed by atoms with van der Waals surface area (Å²) in [5.41, 5.74) is 3.63. The van der Waals surface area contributed by atoms with E-state index in [0.29, 0.717) is 11.5 Å². The Balaban J connectivity index is 1.74. The van der Waals surface area contributed by atoms with Crippen LogP contribution < -0.4 is 20.2 Å². The van der Waals surface area contributed by atoms with Crippen LogP contribution in [-0.2, 0) is 4.79 Å². The lowest BCUT2D eigenvalue weighted by Gasteiger charge is -2.27. The molecule has 7 nitrogen and oxygen atoms in total. The van der Waals surface area contributed by atoms with Crippen LogP contribution >= 0.6 is 0 Å². The number of nitrogens with one attached hydrogen (secondary N) is 2. The van der Waals surface area contributed by atoms with E-state index in [1.807, 2.05) is 0 Å².